The lowest BCUT2D eigenvalue weighted by Gasteiger charge is -2.06. The summed E-state index contributed by atoms with van der Waals surface area (Å²) in [6, 6.07) is 15.6. The first-order valence-corrected chi connectivity index (χ1v) is 8.95. The largest absolute Gasteiger partial charge is 0.398 e. The van der Waals surface area contributed by atoms with Crippen molar-refractivity contribution in [1.82, 2.24) is 15.1 Å². The number of nitrogen functional groups attached to an aromatic ring is 1. The standard InChI is InChI=1S/C21H17N7O2/c22-11-15-10-17(6-7-18(15)23)26-21-27-20(30-28-21)13-3-1-5-16(9-13)25-19(29)14-4-2-8-24-12-14/h1-12,22H,23H2,(H,25,29)(H,26,28). The van der Waals surface area contributed by atoms with E-state index in [0.717, 1.165) is 0 Å². The molecule has 0 unspecified atom stereocenters. The Balaban J connectivity index is 1.50. The molecule has 2 aromatic carbocycles. The van der Waals surface area contributed by atoms with E-state index in [4.69, 9.17) is 15.7 Å². The zero-order valence-corrected chi connectivity index (χ0v) is 15.7. The van der Waals surface area contributed by atoms with Gasteiger partial charge in [0.2, 0.25) is 0 Å². The van der Waals surface area contributed by atoms with Gasteiger partial charge in [-0.1, -0.05) is 6.07 Å². The number of hydrogen-bond acceptors (Lipinski definition) is 8. The van der Waals surface area contributed by atoms with E-state index < -0.39 is 0 Å². The van der Waals surface area contributed by atoms with Crippen molar-refractivity contribution in [2.24, 2.45) is 0 Å². The number of nitrogens with one attached hydrogen (secondary N) is 3. The number of benzene rings is 2. The van der Waals surface area contributed by atoms with Crippen LogP contribution >= 0.6 is 0 Å². The average Bonchev–Trinajstić information content (AvgIpc) is 3.24. The number of carbonyl (C=O) groups is 1. The fourth-order valence-electron chi connectivity index (χ4n) is 2.73. The van der Waals surface area contributed by atoms with Crippen molar-refractivity contribution in [2.45, 2.75) is 0 Å². The molecule has 4 aromatic rings. The lowest BCUT2D eigenvalue weighted by atomic mass is 10.2. The van der Waals surface area contributed by atoms with Gasteiger partial charge >= 0.3 is 0 Å². The molecule has 5 N–H and O–H groups in total. The minimum atomic E-state index is -0.265. The predicted octanol–water partition coefficient (Wildman–Crippen LogP) is 3.71. The lowest BCUT2D eigenvalue weighted by Crippen LogP contribution is -2.11. The summed E-state index contributed by atoms with van der Waals surface area (Å²) < 4.78 is 5.33. The van der Waals surface area contributed by atoms with E-state index in [1.807, 2.05) is 0 Å². The van der Waals surface area contributed by atoms with Crippen molar-refractivity contribution in [3.05, 3.63) is 78.1 Å². The molecular weight excluding hydrogens is 382 g/mol. The van der Waals surface area contributed by atoms with Gasteiger partial charge in [0.05, 0.1) is 5.56 Å². The van der Waals surface area contributed by atoms with Crippen LogP contribution in [0.1, 0.15) is 15.9 Å². The topological polar surface area (TPSA) is 143 Å². The van der Waals surface area contributed by atoms with Crippen LogP contribution in [0.5, 0.6) is 0 Å². The van der Waals surface area contributed by atoms with Crippen LogP contribution in [0.4, 0.5) is 23.0 Å². The minimum absolute atomic E-state index is 0.260. The van der Waals surface area contributed by atoms with Gasteiger partial charge in [0.1, 0.15) is 0 Å². The summed E-state index contributed by atoms with van der Waals surface area (Å²) in [5, 5.41) is 17.1. The van der Waals surface area contributed by atoms with E-state index in [1.54, 1.807) is 60.8 Å². The molecule has 1 amide bonds. The van der Waals surface area contributed by atoms with Crippen LogP contribution in [-0.4, -0.2) is 27.2 Å². The molecule has 0 saturated carbocycles. The second-order valence-corrected chi connectivity index (χ2v) is 6.31. The Kier molecular flexibility index (Phi) is 5.16. The SMILES string of the molecule is N=Cc1cc(Nc2noc(-c3cccc(NC(=O)c4cccnc4)c3)n2)ccc1N. The Bertz CT molecular complexity index is 1200. The van der Waals surface area contributed by atoms with Crippen LogP contribution in [0.3, 0.4) is 0 Å². The molecular formula is C21H17N7O2. The normalized spacial score (nSPS) is 10.4. The van der Waals surface area contributed by atoms with E-state index in [-0.39, 0.29) is 17.7 Å². The highest BCUT2D eigenvalue weighted by Gasteiger charge is 2.12. The molecule has 148 valence electrons. The van der Waals surface area contributed by atoms with Crippen LogP contribution < -0.4 is 16.4 Å². The molecule has 0 aliphatic carbocycles. The molecule has 0 spiro atoms. The maximum atomic E-state index is 12.3. The van der Waals surface area contributed by atoms with E-state index in [2.05, 4.69) is 25.8 Å². The highest BCUT2D eigenvalue weighted by molar-refractivity contribution is 6.04. The number of amides is 1. The number of nitrogens with zero attached hydrogens (tertiary/aromatic N) is 3. The maximum Gasteiger partial charge on any atom is 0.268 e. The Hall–Kier alpha value is -4.53. The van der Waals surface area contributed by atoms with Gasteiger partial charge in [-0.05, 0) is 53.7 Å². The van der Waals surface area contributed by atoms with Gasteiger partial charge in [-0.2, -0.15) is 4.98 Å². The fourth-order valence-corrected chi connectivity index (χ4v) is 2.73. The maximum absolute atomic E-state index is 12.3. The number of aromatic nitrogens is 3. The molecule has 0 bridgehead atoms. The van der Waals surface area contributed by atoms with E-state index in [1.165, 1.54) is 12.4 Å². The Labute approximate surface area is 171 Å². The third-order valence-corrected chi connectivity index (χ3v) is 4.22. The number of anilines is 4. The Morgan fingerprint density at radius 2 is 2.00 bits per heavy atom. The number of nitrogens with two attached hydrogens (primary N) is 1. The van der Waals surface area contributed by atoms with Crippen LogP contribution in [0.2, 0.25) is 0 Å². The van der Waals surface area contributed by atoms with Gasteiger partial charge in [-0.25, -0.2) is 0 Å². The molecule has 4 rings (SSSR count). The number of pyridine rings is 1. The summed E-state index contributed by atoms with van der Waals surface area (Å²) in [4.78, 5) is 20.6. The molecule has 0 aliphatic rings. The zero-order chi connectivity index (χ0) is 20.9. The van der Waals surface area contributed by atoms with Gasteiger partial charge in [0.15, 0.2) is 0 Å². The van der Waals surface area contributed by atoms with Crippen LogP contribution in [-0.2, 0) is 0 Å². The first kappa shape index (κ1) is 18.8. The molecule has 0 fully saturated rings. The molecule has 0 atom stereocenters. The lowest BCUT2D eigenvalue weighted by molar-refractivity contribution is 0.102. The van der Waals surface area contributed by atoms with Crippen LogP contribution in [0, 0.1) is 5.41 Å². The van der Waals surface area contributed by atoms with Gasteiger partial charge in [-0.15, -0.1) is 0 Å². The third kappa shape index (κ3) is 4.14. The summed E-state index contributed by atoms with van der Waals surface area (Å²) in [5.74, 6) is 0.284. The van der Waals surface area contributed by atoms with Crippen molar-refractivity contribution >= 4 is 35.1 Å². The smallest absolute Gasteiger partial charge is 0.268 e. The fraction of sp³-hybridized carbons (Fsp3) is 0. The molecule has 2 aromatic heterocycles. The second kappa shape index (κ2) is 8.23. The average molecular weight is 399 g/mol. The van der Waals surface area contributed by atoms with Crippen molar-refractivity contribution in [1.29, 1.82) is 5.41 Å². The minimum Gasteiger partial charge on any atom is -0.398 e. The molecule has 0 aliphatic heterocycles. The number of hydrogen-bond donors (Lipinski definition) is 4. The van der Waals surface area contributed by atoms with E-state index >= 15 is 0 Å². The highest BCUT2D eigenvalue weighted by atomic mass is 16.5. The molecule has 0 radical (unpaired) electrons. The first-order valence-electron chi connectivity index (χ1n) is 8.95. The van der Waals surface area contributed by atoms with Gasteiger partial charge < -0.3 is 26.3 Å². The summed E-state index contributed by atoms with van der Waals surface area (Å²) in [6.07, 6.45) is 4.28. The van der Waals surface area contributed by atoms with Crippen LogP contribution in [0.15, 0.2) is 71.5 Å². The summed E-state index contributed by atoms with van der Waals surface area (Å²) in [7, 11) is 0. The zero-order valence-electron chi connectivity index (χ0n) is 15.7. The number of rotatable bonds is 6. The highest BCUT2D eigenvalue weighted by Crippen LogP contribution is 2.24. The van der Waals surface area contributed by atoms with Gasteiger partial charge in [0.25, 0.3) is 17.7 Å². The monoisotopic (exact) mass is 399 g/mol. The van der Waals surface area contributed by atoms with Crippen molar-refractivity contribution < 1.29 is 9.32 Å². The van der Waals surface area contributed by atoms with Crippen molar-refractivity contribution in [2.75, 3.05) is 16.4 Å². The predicted molar refractivity (Wildman–Crippen MR) is 114 cm³/mol. The molecule has 30 heavy (non-hydrogen) atoms. The van der Waals surface area contributed by atoms with E-state index in [9.17, 15) is 4.79 Å². The molecule has 0 saturated heterocycles. The van der Waals surface area contributed by atoms with Crippen molar-refractivity contribution in [3.8, 4) is 11.5 Å². The summed E-state index contributed by atoms with van der Waals surface area (Å²) in [5.41, 5.74) is 9.26. The Morgan fingerprint density at radius 3 is 2.80 bits per heavy atom. The molecule has 9 nitrogen and oxygen atoms in total. The Morgan fingerprint density at radius 1 is 1.10 bits per heavy atom. The first-order chi connectivity index (χ1) is 14.6. The van der Waals surface area contributed by atoms with Crippen molar-refractivity contribution in [3.63, 3.8) is 0 Å². The molecule has 9 heteroatoms. The quantitative estimate of drug-likeness (QED) is 0.286. The second-order valence-electron chi connectivity index (χ2n) is 6.31. The van der Waals surface area contributed by atoms with Gasteiger partial charge in [0, 0.05) is 46.8 Å². The van der Waals surface area contributed by atoms with Gasteiger partial charge in [-0.3, -0.25) is 9.78 Å². The third-order valence-electron chi connectivity index (χ3n) is 4.22. The summed E-state index contributed by atoms with van der Waals surface area (Å²) in [6.45, 7) is 0. The molecule has 2 heterocycles. The van der Waals surface area contributed by atoms with Crippen LogP contribution in [0.25, 0.3) is 11.5 Å². The van der Waals surface area contributed by atoms with E-state index in [0.29, 0.717) is 33.8 Å². The summed E-state index contributed by atoms with van der Waals surface area (Å²) >= 11 is 0. The number of carbonyl (C=O) groups excluding carboxylic acids is 1.